The summed E-state index contributed by atoms with van der Waals surface area (Å²) in [7, 11) is 0. The molecule has 0 saturated carbocycles. The van der Waals surface area contributed by atoms with Gasteiger partial charge in [-0.3, -0.25) is 9.48 Å². The summed E-state index contributed by atoms with van der Waals surface area (Å²) in [6, 6.07) is 0.160. The van der Waals surface area contributed by atoms with Gasteiger partial charge in [-0.25, -0.2) is 0 Å². The van der Waals surface area contributed by atoms with E-state index in [0.717, 1.165) is 30.4 Å². The second-order valence-electron chi connectivity index (χ2n) is 5.11. The van der Waals surface area contributed by atoms with Crippen molar-refractivity contribution in [3.63, 3.8) is 0 Å². The monoisotopic (exact) mass is 304 g/mol. The van der Waals surface area contributed by atoms with Crippen molar-refractivity contribution in [1.82, 2.24) is 19.6 Å². The van der Waals surface area contributed by atoms with Gasteiger partial charge in [0, 0.05) is 32.4 Å². The van der Waals surface area contributed by atoms with E-state index >= 15 is 0 Å². The molecule has 118 valence electrons. The first-order valence-corrected chi connectivity index (χ1v) is 6.96. The van der Waals surface area contributed by atoms with Gasteiger partial charge in [0.15, 0.2) is 5.69 Å². The number of likely N-dealkylation sites (N-methyl/N-ethyl adjacent to an activating group) is 1. The fourth-order valence-corrected chi connectivity index (χ4v) is 2.37. The minimum absolute atomic E-state index is 0.192. The average Bonchev–Trinajstić information content (AvgIpc) is 2.95. The van der Waals surface area contributed by atoms with Crippen molar-refractivity contribution < 1.29 is 18.0 Å². The van der Waals surface area contributed by atoms with E-state index in [1.54, 1.807) is 11.8 Å². The molecule has 1 fully saturated rings. The number of nitrogens with zero attached hydrogens (tertiary/aromatic N) is 4. The molecule has 21 heavy (non-hydrogen) atoms. The number of hydrogen-bond acceptors (Lipinski definition) is 3. The van der Waals surface area contributed by atoms with Crippen LogP contribution in [0, 0.1) is 0 Å². The highest BCUT2D eigenvalue weighted by molar-refractivity contribution is 5.80. The molecular weight excluding hydrogens is 285 g/mol. The average molecular weight is 304 g/mol. The summed E-state index contributed by atoms with van der Waals surface area (Å²) in [6.07, 6.45) is -3.28. The molecule has 8 heteroatoms. The largest absolute Gasteiger partial charge is 0.435 e. The summed E-state index contributed by atoms with van der Waals surface area (Å²) in [5.41, 5.74) is -0.974. The Morgan fingerprint density at radius 1 is 1.33 bits per heavy atom. The van der Waals surface area contributed by atoms with E-state index in [0.29, 0.717) is 13.1 Å². The summed E-state index contributed by atoms with van der Waals surface area (Å²) in [6.45, 7) is 7.36. The maximum absolute atomic E-state index is 12.5. The first kappa shape index (κ1) is 15.8. The fraction of sp³-hybridized carbons (Fsp3) is 0.692. The Hall–Kier alpha value is -1.57. The summed E-state index contributed by atoms with van der Waals surface area (Å²) < 4.78 is 38.7. The Kier molecular flexibility index (Phi) is 4.55. The van der Waals surface area contributed by atoms with Crippen molar-refractivity contribution in [2.75, 3.05) is 32.7 Å². The molecule has 0 radical (unpaired) electrons. The zero-order valence-corrected chi connectivity index (χ0v) is 12.1. The van der Waals surface area contributed by atoms with Gasteiger partial charge in [0.1, 0.15) is 6.04 Å². The lowest BCUT2D eigenvalue weighted by atomic mass is 10.2. The van der Waals surface area contributed by atoms with Gasteiger partial charge < -0.3 is 9.80 Å². The Morgan fingerprint density at radius 3 is 2.43 bits per heavy atom. The summed E-state index contributed by atoms with van der Waals surface area (Å²) in [4.78, 5) is 16.2. The van der Waals surface area contributed by atoms with Gasteiger partial charge in [0.25, 0.3) is 0 Å². The third kappa shape index (κ3) is 3.55. The first-order chi connectivity index (χ1) is 9.82. The minimum atomic E-state index is -4.49. The SMILES string of the molecule is CCN1CCN(C(=O)[C@@H](C)n2ccc(C(F)(F)F)n2)CC1. The van der Waals surface area contributed by atoms with Crippen LogP contribution in [0.4, 0.5) is 13.2 Å². The van der Waals surface area contributed by atoms with Crippen LogP contribution in [0.2, 0.25) is 0 Å². The first-order valence-electron chi connectivity index (χ1n) is 6.96. The summed E-state index contributed by atoms with van der Waals surface area (Å²) in [5, 5.41) is 3.46. The number of carbonyl (C=O) groups excluding carboxylic acids is 1. The van der Waals surface area contributed by atoms with Crippen molar-refractivity contribution in [3.8, 4) is 0 Å². The molecule has 0 aromatic carbocycles. The number of aromatic nitrogens is 2. The molecule has 1 atom stereocenters. The van der Waals surface area contributed by atoms with Gasteiger partial charge in [-0.2, -0.15) is 18.3 Å². The van der Waals surface area contributed by atoms with Gasteiger partial charge in [0.05, 0.1) is 0 Å². The second-order valence-corrected chi connectivity index (χ2v) is 5.11. The van der Waals surface area contributed by atoms with E-state index in [4.69, 9.17) is 0 Å². The highest BCUT2D eigenvalue weighted by atomic mass is 19.4. The van der Waals surface area contributed by atoms with Crippen LogP contribution >= 0.6 is 0 Å². The van der Waals surface area contributed by atoms with Crippen LogP contribution in [0.15, 0.2) is 12.3 Å². The predicted molar refractivity (Wildman–Crippen MR) is 70.6 cm³/mol. The van der Waals surface area contributed by atoms with Crippen LogP contribution < -0.4 is 0 Å². The quantitative estimate of drug-likeness (QED) is 0.852. The number of piperazine rings is 1. The van der Waals surface area contributed by atoms with Crippen molar-refractivity contribution in [2.45, 2.75) is 26.1 Å². The van der Waals surface area contributed by atoms with Gasteiger partial charge in [-0.15, -0.1) is 0 Å². The predicted octanol–water partition coefficient (Wildman–Crippen LogP) is 1.63. The zero-order valence-electron chi connectivity index (χ0n) is 12.1. The number of hydrogen-bond donors (Lipinski definition) is 0. The van der Waals surface area contributed by atoms with E-state index in [-0.39, 0.29) is 5.91 Å². The third-order valence-electron chi connectivity index (χ3n) is 3.78. The van der Waals surface area contributed by atoms with Gasteiger partial charge in [0.2, 0.25) is 5.91 Å². The van der Waals surface area contributed by atoms with Crippen molar-refractivity contribution in [3.05, 3.63) is 18.0 Å². The molecule has 0 bridgehead atoms. The molecule has 1 aromatic heterocycles. The number of rotatable bonds is 3. The van der Waals surface area contributed by atoms with Crippen LogP contribution in [0.3, 0.4) is 0 Å². The second kappa shape index (κ2) is 6.05. The molecule has 1 aromatic rings. The van der Waals surface area contributed by atoms with Gasteiger partial charge in [-0.1, -0.05) is 6.92 Å². The molecule has 0 spiro atoms. The standard InChI is InChI=1S/C13H19F3N4O/c1-3-18-6-8-19(9-7-18)12(21)10(2)20-5-4-11(17-20)13(14,15)16/h4-5,10H,3,6-9H2,1-2H3/t10-/m1/s1. The highest BCUT2D eigenvalue weighted by Gasteiger charge is 2.35. The van der Waals surface area contributed by atoms with Crippen LogP contribution in [0.1, 0.15) is 25.6 Å². The minimum Gasteiger partial charge on any atom is -0.338 e. The van der Waals surface area contributed by atoms with Crippen molar-refractivity contribution >= 4 is 5.91 Å². The molecule has 0 aliphatic carbocycles. The van der Waals surface area contributed by atoms with Crippen molar-refractivity contribution in [1.29, 1.82) is 0 Å². The lowest BCUT2D eigenvalue weighted by molar-refractivity contribution is -0.143. The zero-order chi connectivity index (χ0) is 15.6. The summed E-state index contributed by atoms with van der Waals surface area (Å²) in [5.74, 6) is -0.192. The molecule has 2 heterocycles. The molecule has 2 rings (SSSR count). The van der Waals surface area contributed by atoms with Crippen molar-refractivity contribution in [2.24, 2.45) is 0 Å². The van der Waals surface area contributed by atoms with Crippen LogP contribution in [0.25, 0.3) is 0 Å². The molecule has 1 amide bonds. The molecular formula is C13H19F3N4O. The third-order valence-corrected chi connectivity index (χ3v) is 3.78. The lowest BCUT2D eigenvalue weighted by Crippen LogP contribution is -2.50. The van der Waals surface area contributed by atoms with Gasteiger partial charge in [-0.05, 0) is 19.5 Å². The van der Waals surface area contributed by atoms with Crippen LogP contribution in [-0.2, 0) is 11.0 Å². The normalized spacial score (nSPS) is 18.8. The van der Waals surface area contributed by atoms with E-state index in [9.17, 15) is 18.0 Å². The molecule has 1 aliphatic rings. The Labute approximate surface area is 121 Å². The van der Waals surface area contributed by atoms with Crippen LogP contribution in [0.5, 0.6) is 0 Å². The summed E-state index contributed by atoms with van der Waals surface area (Å²) >= 11 is 0. The fourth-order valence-electron chi connectivity index (χ4n) is 2.37. The van der Waals surface area contributed by atoms with Crippen LogP contribution in [-0.4, -0.2) is 58.2 Å². The molecule has 0 N–H and O–H groups in total. The maximum atomic E-state index is 12.5. The van der Waals surface area contributed by atoms with E-state index in [1.165, 1.54) is 6.20 Å². The highest BCUT2D eigenvalue weighted by Crippen LogP contribution is 2.28. The van der Waals surface area contributed by atoms with E-state index < -0.39 is 17.9 Å². The van der Waals surface area contributed by atoms with E-state index in [1.807, 2.05) is 0 Å². The smallest absolute Gasteiger partial charge is 0.338 e. The Balaban J connectivity index is 2.01. The molecule has 1 aliphatic heterocycles. The van der Waals surface area contributed by atoms with E-state index in [2.05, 4.69) is 16.9 Å². The maximum Gasteiger partial charge on any atom is 0.435 e. The Morgan fingerprint density at radius 2 is 1.95 bits per heavy atom. The lowest BCUT2D eigenvalue weighted by Gasteiger charge is -2.35. The Bertz CT molecular complexity index is 492. The topological polar surface area (TPSA) is 41.4 Å². The number of alkyl halides is 3. The number of amides is 1. The molecule has 1 saturated heterocycles. The molecule has 5 nitrogen and oxygen atoms in total. The van der Waals surface area contributed by atoms with Gasteiger partial charge >= 0.3 is 6.18 Å². The molecule has 0 unspecified atom stereocenters. The number of carbonyl (C=O) groups is 1. The number of halogens is 3.